The summed E-state index contributed by atoms with van der Waals surface area (Å²) in [6.07, 6.45) is 2.78. The summed E-state index contributed by atoms with van der Waals surface area (Å²) < 4.78 is 5.93. The summed E-state index contributed by atoms with van der Waals surface area (Å²) in [6, 6.07) is 5.66. The van der Waals surface area contributed by atoms with Gasteiger partial charge in [0.1, 0.15) is 17.7 Å². The quantitative estimate of drug-likeness (QED) is 0.829. The van der Waals surface area contributed by atoms with Gasteiger partial charge in [-0.25, -0.2) is 9.97 Å². The number of nitrogens with zero attached hydrogens (tertiary/aromatic N) is 3. The van der Waals surface area contributed by atoms with Crippen LogP contribution in [0.15, 0.2) is 24.4 Å². The zero-order chi connectivity index (χ0) is 16.4. The van der Waals surface area contributed by atoms with Gasteiger partial charge in [-0.2, -0.15) is 0 Å². The lowest BCUT2D eigenvalue weighted by Gasteiger charge is -2.35. The molecule has 1 fully saturated rings. The van der Waals surface area contributed by atoms with Crippen LogP contribution >= 0.6 is 23.2 Å². The second-order valence-electron chi connectivity index (χ2n) is 5.60. The van der Waals surface area contributed by atoms with Crippen molar-refractivity contribution in [2.24, 2.45) is 0 Å². The van der Waals surface area contributed by atoms with Gasteiger partial charge in [-0.05, 0) is 31.0 Å². The molecule has 1 aliphatic heterocycles. The van der Waals surface area contributed by atoms with Gasteiger partial charge >= 0.3 is 0 Å². The molecule has 4 nitrogen and oxygen atoms in total. The lowest BCUT2D eigenvalue weighted by molar-refractivity contribution is 0.0394. The average molecular weight is 352 g/mol. The van der Waals surface area contributed by atoms with Crippen molar-refractivity contribution in [2.45, 2.75) is 26.4 Å². The molecule has 0 aliphatic carbocycles. The maximum atomic E-state index is 6.13. The molecule has 1 aromatic carbocycles. The summed E-state index contributed by atoms with van der Waals surface area (Å²) >= 11 is 12.1. The molecule has 3 rings (SSSR count). The molecule has 0 unspecified atom stereocenters. The molecule has 1 saturated heterocycles. The summed E-state index contributed by atoms with van der Waals surface area (Å²) in [5.41, 5.74) is 2.19. The molecule has 1 atom stereocenters. The molecule has 2 aromatic rings. The van der Waals surface area contributed by atoms with Gasteiger partial charge in [0.25, 0.3) is 0 Å². The molecule has 0 bridgehead atoms. The number of halogens is 2. The highest BCUT2D eigenvalue weighted by atomic mass is 35.5. The molecule has 0 saturated carbocycles. The third kappa shape index (κ3) is 3.60. The fourth-order valence-electron chi connectivity index (χ4n) is 2.76. The molecular weight excluding hydrogens is 333 g/mol. The fourth-order valence-corrected chi connectivity index (χ4v) is 3.07. The van der Waals surface area contributed by atoms with Crippen LogP contribution in [0.1, 0.15) is 30.0 Å². The highest BCUT2D eigenvalue weighted by Crippen LogP contribution is 2.31. The number of hydrogen-bond acceptors (Lipinski definition) is 4. The molecule has 0 N–H and O–H groups in total. The molecule has 2 heterocycles. The van der Waals surface area contributed by atoms with Crippen LogP contribution in [0.25, 0.3) is 0 Å². The Morgan fingerprint density at radius 3 is 2.87 bits per heavy atom. The minimum Gasteiger partial charge on any atom is -0.370 e. The number of aryl methyl sites for hydroxylation is 2. The predicted octanol–water partition coefficient (Wildman–Crippen LogP) is 4.23. The Hall–Kier alpha value is -1.36. The van der Waals surface area contributed by atoms with Gasteiger partial charge in [-0.1, -0.05) is 36.2 Å². The molecule has 0 radical (unpaired) electrons. The first-order valence-electron chi connectivity index (χ1n) is 7.72. The van der Waals surface area contributed by atoms with E-state index in [0.29, 0.717) is 16.7 Å². The lowest BCUT2D eigenvalue weighted by Crippen LogP contribution is -2.39. The minimum absolute atomic E-state index is 0.0431. The SMILES string of the molecule is CCc1cnc(C)nc1N1CCO[C@@H](c2ccc(Cl)c(Cl)c2)C1. The van der Waals surface area contributed by atoms with Crippen molar-refractivity contribution >= 4 is 29.0 Å². The summed E-state index contributed by atoms with van der Waals surface area (Å²) in [7, 11) is 0. The van der Waals surface area contributed by atoms with Gasteiger partial charge in [0.05, 0.1) is 16.7 Å². The molecular formula is C17H19Cl2N3O. The third-order valence-electron chi connectivity index (χ3n) is 4.02. The van der Waals surface area contributed by atoms with E-state index in [-0.39, 0.29) is 6.10 Å². The molecule has 0 amide bonds. The first-order chi connectivity index (χ1) is 11.1. The maximum Gasteiger partial charge on any atom is 0.135 e. The van der Waals surface area contributed by atoms with Crippen LogP contribution in [-0.2, 0) is 11.2 Å². The van der Waals surface area contributed by atoms with E-state index in [1.54, 1.807) is 0 Å². The Bertz CT molecular complexity index is 708. The third-order valence-corrected chi connectivity index (χ3v) is 4.76. The minimum atomic E-state index is -0.0431. The number of anilines is 1. The fraction of sp³-hybridized carbons (Fsp3) is 0.412. The van der Waals surface area contributed by atoms with E-state index >= 15 is 0 Å². The van der Waals surface area contributed by atoms with Gasteiger partial charge in [0.2, 0.25) is 0 Å². The van der Waals surface area contributed by atoms with E-state index in [0.717, 1.165) is 42.3 Å². The second-order valence-corrected chi connectivity index (χ2v) is 6.41. The standard InChI is InChI=1S/C17H19Cl2N3O/c1-3-12-9-20-11(2)21-17(12)22-6-7-23-16(10-22)13-4-5-14(18)15(19)8-13/h4-5,8-9,16H,3,6-7,10H2,1-2H3/t16-/m1/s1. The Labute approximate surface area is 146 Å². The first kappa shape index (κ1) is 16.5. The van der Waals surface area contributed by atoms with E-state index < -0.39 is 0 Å². The van der Waals surface area contributed by atoms with Gasteiger partial charge in [-0.3, -0.25) is 0 Å². The molecule has 1 aliphatic rings. The van der Waals surface area contributed by atoms with Crippen molar-refractivity contribution in [2.75, 3.05) is 24.6 Å². The number of morpholine rings is 1. The van der Waals surface area contributed by atoms with Crippen molar-refractivity contribution in [3.05, 3.63) is 51.4 Å². The molecule has 23 heavy (non-hydrogen) atoms. The number of hydrogen-bond donors (Lipinski definition) is 0. The number of rotatable bonds is 3. The molecule has 6 heteroatoms. The first-order valence-corrected chi connectivity index (χ1v) is 8.48. The summed E-state index contributed by atoms with van der Waals surface area (Å²) in [5, 5.41) is 1.11. The second kappa shape index (κ2) is 7.04. The topological polar surface area (TPSA) is 38.2 Å². The van der Waals surface area contributed by atoms with E-state index in [9.17, 15) is 0 Å². The predicted molar refractivity (Wildman–Crippen MR) is 93.5 cm³/mol. The normalized spacial score (nSPS) is 18.3. The van der Waals surface area contributed by atoms with Gasteiger partial charge < -0.3 is 9.64 Å². The van der Waals surface area contributed by atoms with Crippen LogP contribution in [0.2, 0.25) is 10.0 Å². The summed E-state index contributed by atoms with van der Waals surface area (Å²) in [5.74, 6) is 1.79. The zero-order valence-corrected chi connectivity index (χ0v) is 14.7. The van der Waals surface area contributed by atoms with Crippen LogP contribution in [0.4, 0.5) is 5.82 Å². The Balaban J connectivity index is 1.86. The highest BCUT2D eigenvalue weighted by Gasteiger charge is 2.25. The number of benzene rings is 1. The van der Waals surface area contributed by atoms with E-state index in [1.807, 2.05) is 31.3 Å². The lowest BCUT2D eigenvalue weighted by atomic mass is 10.1. The van der Waals surface area contributed by atoms with Crippen LogP contribution in [-0.4, -0.2) is 29.7 Å². The Kier molecular flexibility index (Phi) is 5.05. The van der Waals surface area contributed by atoms with Crippen molar-refractivity contribution in [3.8, 4) is 0 Å². The van der Waals surface area contributed by atoms with Crippen molar-refractivity contribution in [1.82, 2.24) is 9.97 Å². The molecule has 0 spiro atoms. The van der Waals surface area contributed by atoms with Gasteiger partial charge in [-0.15, -0.1) is 0 Å². The average Bonchev–Trinajstić information content (AvgIpc) is 2.57. The monoisotopic (exact) mass is 351 g/mol. The van der Waals surface area contributed by atoms with E-state index in [2.05, 4.69) is 21.8 Å². The molecule has 122 valence electrons. The van der Waals surface area contributed by atoms with Crippen molar-refractivity contribution in [1.29, 1.82) is 0 Å². The van der Waals surface area contributed by atoms with Gasteiger partial charge in [0, 0.05) is 24.8 Å². The van der Waals surface area contributed by atoms with E-state index in [4.69, 9.17) is 27.9 Å². The van der Waals surface area contributed by atoms with Crippen LogP contribution < -0.4 is 4.90 Å². The Morgan fingerprint density at radius 2 is 2.13 bits per heavy atom. The highest BCUT2D eigenvalue weighted by molar-refractivity contribution is 6.42. The van der Waals surface area contributed by atoms with Gasteiger partial charge in [0.15, 0.2) is 0 Å². The van der Waals surface area contributed by atoms with Crippen molar-refractivity contribution in [3.63, 3.8) is 0 Å². The van der Waals surface area contributed by atoms with Crippen molar-refractivity contribution < 1.29 is 4.74 Å². The Morgan fingerprint density at radius 1 is 1.30 bits per heavy atom. The smallest absolute Gasteiger partial charge is 0.135 e. The maximum absolute atomic E-state index is 6.13. The largest absolute Gasteiger partial charge is 0.370 e. The van der Waals surface area contributed by atoms with E-state index in [1.165, 1.54) is 0 Å². The number of ether oxygens (including phenoxy) is 1. The molecule has 1 aromatic heterocycles. The summed E-state index contributed by atoms with van der Waals surface area (Å²) in [6.45, 7) is 6.24. The van der Waals surface area contributed by atoms with Crippen LogP contribution in [0.5, 0.6) is 0 Å². The summed E-state index contributed by atoms with van der Waals surface area (Å²) in [4.78, 5) is 11.2. The number of aromatic nitrogens is 2. The van der Waals surface area contributed by atoms with Crippen LogP contribution in [0, 0.1) is 6.92 Å². The van der Waals surface area contributed by atoms with Crippen LogP contribution in [0.3, 0.4) is 0 Å². The zero-order valence-electron chi connectivity index (χ0n) is 13.2.